The minimum Gasteiger partial charge on any atom is -0.370 e. The van der Waals surface area contributed by atoms with E-state index in [1.54, 1.807) is 0 Å². The van der Waals surface area contributed by atoms with Gasteiger partial charge in [0.1, 0.15) is 0 Å². The molecule has 0 radical (unpaired) electrons. The highest BCUT2D eigenvalue weighted by Crippen LogP contribution is 2.55. The third-order valence-corrected chi connectivity index (χ3v) is 6.28. The van der Waals surface area contributed by atoms with Gasteiger partial charge in [0, 0.05) is 0 Å². The maximum absolute atomic E-state index is 13.5. The fourth-order valence-corrected chi connectivity index (χ4v) is 4.68. The number of ether oxygens (including phenoxy) is 1. The van der Waals surface area contributed by atoms with E-state index < -0.39 is 17.5 Å². The zero-order valence-corrected chi connectivity index (χ0v) is 15.0. The normalized spacial score (nSPS) is 27.7. The van der Waals surface area contributed by atoms with Crippen molar-refractivity contribution >= 4 is 0 Å². The lowest BCUT2D eigenvalue weighted by Crippen LogP contribution is -2.49. The fraction of sp³-hybridized carbons (Fsp3) is 0.455. The van der Waals surface area contributed by atoms with Gasteiger partial charge in [0.25, 0.3) is 0 Å². The molecule has 1 nitrogen and oxygen atoms in total. The van der Waals surface area contributed by atoms with Crippen molar-refractivity contribution in [3.8, 4) is 11.1 Å². The van der Waals surface area contributed by atoms with Gasteiger partial charge in [-0.1, -0.05) is 37.6 Å². The van der Waals surface area contributed by atoms with E-state index in [4.69, 9.17) is 4.74 Å². The molecule has 2 aliphatic heterocycles. The second-order valence-electron chi connectivity index (χ2n) is 7.86. The second-order valence-corrected chi connectivity index (χ2v) is 7.86. The Morgan fingerprint density at radius 1 is 0.885 bits per heavy atom. The molecule has 2 saturated heterocycles. The Balaban J connectivity index is 1.58. The van der Waals surface area contributed by atoms with Crippen LogP contribution in [-0.2, 0) is 10.3 Å². The summed E-state index contributed by atoms with van der Waals surface area (Å²) in [6.45, 7) is 3.04. The zero-order valence-electron chi connectivity index (χ0n) is 15.0. The third-order valence-electron chi connectivity index (χ3n) is 6.28. The first-order chi connectivity index (χ1) is 12.5. The van der Waals surface area contributed by atoms with Gasteiger partial charge in [-0.05, 0) is 66.3 Å². The summed E-state index contributed by atoms with van der Waals surface area (Å²) < 4.78 is 46.5. The summed E-state index contributed by atoms with van der Waals surface area (Å²) in [6, 6.07) is 9.69. The number of rotatable bonds is 4. The van der Waals surface area contributed by atoms with Crippen LogP contribution in [-0.4, -0.2) is 6.61 Å². The van der Waals surface area contributed by atoms with Crippen molar-refractivity contribution in [2.24, 2.45) is 5.41 Å². The molecule has 2 heterocycles. The number of fused-ring (bicyclic) bond motifs is 3. The molecule has 0 aromatic heterocycles. The summed E-state index contributed by atoms with van der Waals surface area (Å²) in [5.41, 5.74) is 2.25. The van der Waals surface area contributed by atoms with Crippen LogP contribution in [0, 0.1) is 22.9 Å². The lowest BCUT2D eigenvalue weighted by molar-refractivity contribution is -0.191. The summed E-state index contributed by atoms with van der Waals surface area (Å²) in [6.07, 6.45) is 6.84. The van der Waals surface area contributed by atoms with Crippen LogP contribution in [0.3, 0.4) is 0 Å². The minimum absolute atomic E-state index is 0.229. The molecule has 5 rings (SSSR count). The molecule has 2 bridgehead atoms. The molecule has 4 heteroatoms. The Bertz CT molecular complexity index is 765. The maximum atomic E-state index is 13.5. The second kappa shape index (κ2) is 6.41. The van der Waals surface area contributed by atoms with Gasteiger partial charge in [-0.3, -0.25) is 0 Å². The molecule has 0 spiro atoms. The van der Waals surface area contributed by atoms with Crippen molar-refractivity contribution in [3.05, 3.63) is 59.4 Å². The van der Waals surface area contributed by atoms with Crippen LogP contribution in [0.1, 0.15) is 51.0 Å². The highest BCUT2D eigenvalue weighted by Gasteiger charge is 2.49. The highest BCUT2D eigenvalue weighted by molar-refractivity contribution is 5.64. The van der Waals surface area contributed by atoms with E-state index in [-0.39, 0.29) is 5.60 Å². The monoisotopic (exact) mass is 360 g/mol. The number of benzene rings is 2. The first-order valence-electron chi connectivity index (χ1n) is 9.36. The number of halogens is 3. The summed E-state index contributed by atoms with van der Waals surface area (Å²) >= 11 is 0. The summed E-state index contributed by atoms with van der Waals surface area (Å²) in [4.78, 5) is 0. The van der Waals surface area contributed by atoms with Gasteiger partial charge in [0.05, 0.1) is 12.2 Å². The van der Waals surface area contributed by atoms with E-state index >= 15 is 0 Å². The van der Waals surface area contributed by atoms with Gasteiger partial charge in [0.15, 0.2) is 17.5 Å². The summed E-state index contributed by atoms with van der Waals surface area (Å²) in [5.74, 6) is -3.77. The highest BCUT2D eigenvalue weighted by atomic mass is 19.2. The van der Waals surface area contributed by atoms with Crippen LogP contribution < -0.4 is 0 Å². The smallest absolute Gasteiger partial charge is 0.194 e. The molecule has 1 aliphatic carbocycles. The van der Waals surface area contributed by atoms with Crippen LogP contribution in [0.2, 0.25) is 0 Å². The Morgan fingerprint density at radius 3 is 2.00 bits per heavy atom. The lowest BCUT2D eigenvalue weighted by atomic mass is 9.62. The average molecular weight is 360 g/mol. The van der Waals surface area contributed by atoms with E-state index in [1.165, 1.54) is 25.7 Å². The van der Waals surface area contributed by atoms with Crippen LogP contribution in [0.25, 0.3) is 11.1 Å². The van der Waals surface area contributed by atoms with E-state index in [1.807, 2.05) is 24.3 Å². The van der Waals surface area contributed by atoms with Crippen LogP contribution >= 0.6 is 0 Å². The largest absolute Gasteiger partial charge is 0.370 e. The third kappa shape index (κ3) is 2.84. The maximum Gasteiger partial charge on any atom is 0.194 e. The first-order valence-corrected chi connectivity index (χ1v) is 9.36. The van der Waals surface area contributed by atoms with Crippen LogP contribution in [0.4, 0.5) is 13.2 Å². The molecule has 3 fully saturated rings. The molecule has 138 valence electrons. The fourth-order valence-electron chi connectivity index (χ4n) is 4.68. The molecule has 26 heavy (non-hydrogen) atoms. The summed E-state index contributed by atoms with van der Waals surface area (Å²) in [7, 11) is 0. The molecule has 0 atom stereocenters. The van der Waals surface area contributed by atoms with E-state index in [9.17, 15) is 13.2 Å². The molecule has 1 saturated carbocycles. The Kier molecular flexibility index (Phi) is 4.34. The van der Waals surface area contributed by atoms with Crippen molar-refractivity contribution in [3.63, 3.8) is 0 Å². The Labute approximate surface area is 152 Å². The number of hydrogen-bond donors (Lipinski definition) is 0. The molecule has 0 N–H and O–H groups in total. The van der Waals surface area contributed by atoms with Gasteiger partial charge in [-0.25, -0.2) is 13.2 Å². The minimum atomic E-state index is -1.43. The van der Waals surface area contributed by atoms with E-state index in [2.05, 4.69) is 6.92 Å². The predicted octanol–water partition coefficient (Wildman–Crippen LogP) is 6.36. The van der Waals surface area contributed by atoms with Crippen molar-refractivity contribution in [1.29, 1.82) is 0 Å². The van der Waals surface area contributed by atoms with Crippen molar-refractivity contribution in [2.45, 2.75) is 51.0 Å². The molecular weight excluding hydrogens is 337 g/mol. The molecule has 2 aromatic carbocycles. The first kappa shape index (κ1) is 17.6. The molecule has 2 aromatic rings. The molecular formula is C22H23F3O. The van der Waals surface area contributed by atoms with Crippen molar-refractivity contribution < 1.29 is 17.9 Å². The molecule has 0 unspecified atom stereocenters. The lowest BCUT2D eigenvalue weighted by Gasteiger charge is -2.53. The Morgan fingerprint density at radius 2 is 1.50 bits per heavy atom. The Hall–Kier alpha value is -1.81. The molecule has 3 aliphatic rings. The van der Waals surface area contributed by atoms with Gasteiger partial charge >= 0.3 is 0 Å². The predicted molar refractivity (Wildman–Crippen MR) is 95.2 cm³/mol. The quantitative estimate of drug-likeness (QED) is 0.577. The van der Waals surface area contributed by atoms with Crippen LogP contribution in [0.15, 0.2) is 36.4 Å². The van der Waals surface area contributed by atoms with Gasteiger partial charge < -0.3 is 4.74 Å². The average Bonchev–Trinajstić information content (AvgIpc) is 2.67. The van der Waals surface area contributed by atoms with Crippen molar-refractivity contribution in [2.75, 3.05) is 6.61 Å². The topological polar surface area (TPSA) is 9.23 Å². The van der Waals surface area contributed by atoms with Gasteiger partial charge in [0.2, 0.25) is 0 Å². The van der Waals surface area contributed by atoms with Gasteiger partial charge in [-0.2, -0.15) is 0 Å². The van der Waals surface area contributed by atoms with Crippen molar-refractivity contribution in [1.82, 2.24) is 0 Å². The zero-order chi connectivity index (χ0) is 18.4. The standard InChI is InChI=1S/C22H23F3O/c1-2-7-21-8-10-22(11-9-21,26-14-21)17-5-3-15(4-6-17)16-12-18(23)20(25)19(24)13-16/h3-6,12-13H,2,7-11,14H2,1H3. The van der Waals surface area contributed by atoms with Crippen LogP contribution in [0.5, 0.6) is 0 Å². The summed E-state index contributed by atoms with van der Waals surface area (Å²) in [5, 5.41) is 0. The number of hydrogen-bond acceptors (Lipinski definition) is 1. The SMILES string of the molecule is CCCC12CCC(c3ccc(-c4cc(F)c(F)c(F)c4)cc3)(CC1)OC2. The van der Waals surface area contributed by atoms with E-state index in [0.29, 0.717) is 16.5 Å². The van der Waals surface area contributed by atoms with Gasteiger partial charge in [-0.15, -0.1) is 0 Å². The van der Waals surface area contributed by atoms with E-state index in [0.717, 1.165) is 37.1 Å². The molecule has 0 amide bonds.